The van der Waals surface area contributed by atoms with Crippen LogP contribution in [0.25, 0.3) is 0 Å². The summed E-state index contributed by atoms with van der Waals surface area (Å²) in [5, 5.41) is 3.77. The monoisotopic (exact) mass is 513 g/mol. The number of rotatable bonds is 11. The highest BCUT2D eigenvalue weighted by Gasteiger charge is 2.38. The quantitative estimate of drug-likeness (QED) is 0.293. The van der Waals surface area contributed by atoms with Gasteiger partial charge in [0.1, 0.15) is 19.0 Å². The van der Waals surface area contributed by atoms with Crippen LogP contribution in [0.4, 0.5) is 4.79 Å². The summed E-state index contributed by atoms with van der Waals surface area (Å²) in [6.45, 7) is 0.980. The molecule has 4 nitrogen and oxygen atoms in total. The van der Waals surface area contributed by atoms with Crippen LogP contribution in [0.5, 0.6) is 5.75 Å². The second-order valence-corrected chi connectivity index (χ2v) is 10.8. The van der Waals surface area contributed by atoms with Crippen LogP contribution in [0.15, 0.2) is 82.6 Å². The maximum Gasteiger partial charge on any atom is 0.407 e. The third kappa shape index (κ3) is 6.87. The number of thioether (sulfide) groups is 1. The molecule has 1 unspecified atom stereocenters. The minimum Gasteiger partial charge on any atom is -0.489 e. The van der Waals surface area contributed by atoms with Crippen molar-refractivity contribution in [2.24, 2.45) is 0 Å². The molecule has 0 aliphatic carbocycles. The zero-order chi connectivity index (χ0) is 23.8. The predicted molar refractivity (Wildman–Crippen MR) is 141 cm³/mol. The van der Waals surface area contributed by atoms with Gasteiger partial charge in [0.15, 0.2) is 0 Å². The van der Waals surface area contributed by atoms with Crippen molar-refractivity contribution in [3.8, 4) is 5.75 Å². The molecular weight excluding hydrogens is 486 g/mol. The molecule has 1 atom stereocenters. The van der Waals surface area contributed by atoms with Crippen molar-refractivity contribution >= 4 is 41.2 Å². The molecule has 0 bridgehead atoms. The summed E-state index contributed by atoms with van der Waals surface area (Å²) in [5.74, 6) is 1.69. The Kier molecular flexibility index (Phi) is 8.70. The molecule has 7 heteroatoms. The van der Waals surface area contributed by atoms with Gasteiger partial charge in [-0.3, -0.25) is 0 Å². The van der Waals surface area contributed by atoms with Crippen molar-refractivity contribution in [3.63, 3.8) is 0 Å². The second-order valence-electron chi connectivity index (χ2n) is 8.37. The molecule has 0 radical (unpaired) electrons. The van der Waals surface area contributed by atoms with Crippen LogP contribution in [0.2, 0.25) is 5.02 Å². The number of halogens is 1. The van der Waals surface area contributed by atoms with E-state index in [9.17, 15) is 4.79 Å². The van der Waals surface area contributed by atoms with Crippen molar-refractivity contribution in [1.29, 1.82) is 0 Å². The molecule has 0 aromatic heterocycles. The van der Waals surface area contributed by atoms with Crippen LogP contribution in [0.1, 0.15) is 24.0 Å². The molecular formula is C27H28ClNO3S2. The first kappa shape index (κ1) is 24.8. The Morgan fingerprint density at radius 3 is 2.62 bits per heavy atom. The van der Waals surface area contributed by atoms with Gasteiger partial charge in [-0.2, -0.15) is 11.8 Å². The molecule has 1 aliphatic heterocycles. The lowest BCUT2D eigenvalue weighted by atomic mass is 9.95. The summed E-state index contributed by atoms with van der Waals surface area (Å²) in [7, 11) is 0. The number of hydrogen-bond donors (Lipinski definition) is 1. The third-order valence-electron chi connectivity index (χ3n) is 5.68. The Morgan fingerprint density at radius 1 is 1.06 bits per heavy atom. The summed E-state index contributed by atoms with van der Waals surface area (Å²) in [6.07, 6.45) is 4.38. The number of hydrogen-bond acceptors (Lipinski definition) is 5. The van der Waals surface area contributed by atoms with Gasteiger partial charge >= 0.3 is 6.09 Å². The van der Waals surface area contributed by atoms with Crippen LogP contribution in [0, 0.1) is 0 Å². The van der Waals surface area contributed by atoms with E-state index in [2.05, 4.69) is 41.7 Å². The number of benzene rings is 3. The van der Waals surface area contributed by atoms with Gasteiger partial charge in [-0.25, -0.2) is 4.79 Å². The molecule has 0 saturated carbocycles. The largest absolute Gasteiger partial charge is 0.489 e. The molecule has 0 spiro atoms. The average Bonchev–Trinajstić information content (AvgIpc) is 3.20. The second kappa shape index (κ2) is 11.9. The Bertz CT molecular complexity index is 1110. The van der Waals surface area contributed by atoms with Gasteiger partial charge in [-0.05, 0) is 67.0 Å². The summed E-state index contributed by atoms with van der Waals surface area (Å²) in [6, 6.07) is 24.5. The highest BCUT2D eigenvalue weighted by Crippen LogP contribution is 2.33. The number of ether oxygens (including phenoxy) is 2. The number of aryl methyl sites for hydroxylation is 1. The maximum atomic E-state index is 11.6. The van der Waals surface area contributed by atoms with Crippen LogP contribution in [-0.2, 0) is 17.8 Å². The zero-order valence-electron chi connectivity index (χ0n) is 19.1. The van der Waals surface area contributed by atoms with E-state index in [4.69, 9.17) is 21.1 Å². The molecule has 4 rings (SSSR count). The highest BCUT2D eigenvalue weighted by molar-refractivity contribution is 7.99. The van der Waals surface area contributed by atoms with E-state index in [1.54, 1.807) is 23.5 Å². The molecule has 1 N–H and O–H groups in total. The Balaban J connectivity index is 1.32. The summed E-state index contributed by atoms with van der Waals surface area (Å²) in [5.41, 5.74) is 1.99. The molecule has 34 heavy (non-hydrogen) atoms. The maximum absolute atomic E-state index is 11.6. The summed E-state index contributed by atoms with van der Waals surface area (Å²) >= 11 is 10.0. The van der Waals surface area contributed by atoms with Crippen molar-refractivity contribution in [2.45, 2.75) is 41.2 Å². The summed E-state index contributed by atoms with van der Waals surface area (Å²) in [4.78, 5) is 13.7. The van der Waals surface area contributed by atoms with E-state index in [0.717, 1.165) is 56.7 Å². The number of amides is 1. The number of carbonyl (C=O) groups is 1. The van der Waals surface area contributed by atoms with E-state index in [0.29, 0.717) is 13.2 Å². The minimum absolute atomic E-state index is 0.271. The minimum atomic E-state index is -0.317. The van der Waals surface area contributed by atoms with Gasteiger partial charge < -0.3 is 14.8 Å². The van der Waals surface area contributed by atoms with Crippen molar-refractivity contribution in [3.05, 3.63) is 88.9 Å². The van der Waals surface area contributed by atoms with Crippen molar-refractivity contribution < 1.29 is 14.3 Å². The molecule has 178 valence electrons. The first-order valence-corrected chi connectivity index (χ1v) is 13.8. The van der Waals surface area contributed by atoms with Gasteiger partial charge in [-0.15, -0.1) is 0 Å². The predicted octanol–water partition coefficient (Wildman–Crippen LogP) is 7.23. The smallest absolute Gasteiger partial charge is 0.407 e. The first-order chi connectivity index (χ1) is 16.5. The normalized spacial score (nSPS) is 17.3. The molecule has 1 saturated heterocycles. The van der Waals surface area contributed by atoms with Crippen LogP contribution >= 0.6 is 35.1 Å². The van der Waals surface area contributed by atoms with Crippen molar-refractivity contribution in [2.75, 3.05) is 18.6 Å². The number of alkyl carbamates (subject to hydrolysis) is 1. The third-order valence-corrected chi connectivity index (χ3v) is 7.86. The Hall–Kier alpha value is -2.28. The van der Waals surface area contributed by atoms with E-state index < -0.39 is 0 Å². The van der Waals surface area contributed by atoms with E-state index in [1.807, 2.05) is 42.7 Å². The number of carbonyl (C=O) groups excluding carboxylic acids is 1. The van der Waals surface area contributed by atoms with Gasteiger partial charge in [0.25, 0.3) is 0 Å². The lowest BCUT2D eigenvalue weighted by Crippen LogP contribution is -2.45. The fourth-order valence-electron chi connectivity index (χ4n) is 3.97. The fourth-order valence-corrected chi connectivity index (χ4v) is 6.07. The van der Waals surface area contributed by atoms with E-state index in [1.165, 1.54) is 0 Å². The Labute approximate surface area is 214 Å². The number of cyclic esters (lactones) is 1. The molecule has 3 aromatic carbocycles. The topological polar surface area (TPSA) is 47.6 Å². The summed E-state index contributed by atoms with van der Waals surface area (Å²) < 4.78 is 11.1. The lowest BCUT2D eigenvalue weighted by molar-refractivity contribution is 0.172. The molecule has 1 aliphatic rings. The van der Waals surface area contributed by atoms with Gasteiger partial charge in [0.05, 0.1) is 5.54 Å². The Morgan fingerprint density at radius 2 is 1.88 bits per heavy atom. The van der Waals surface area contributed by atoms with Crippen molar-refractivity contribution in [1.82, 2.24) is 5.32 Å². The average molecular weight is 514 g/mol. The van der Waals surface area contributed by atoms with Gasteiger partial charge in [0, 0.05) is 20.6 Å². The SMILES string of the molecule is CSCC1(CCCc2ccc(Sc3cccc(OCc4ccccc4)c3)cc2Cl)COC(=O)N1. The standard InChI is InChI=1S/C27H28ClNO3S2/c1-33-19-27(18-32-26(30)29-27)14-6-9-21-12-13-24(16-25(21)28)34-23-11-5-10-22(15-23)31-17-20-7-3-2-4-8-20/h2-5,7-8,10-13,15-16H,6,9,14,17-19H2,1H3,(H,29,30). The van der Waals surface area contributed by atoms with Gasteiger partial charge in [0.2, 0.25) is 0 Å². The molecule has 1 heterocycles. The van der Waals surface area contributed by atoms with Gasteiger partial charge in [-0.1, -0.05) is 65.8 Å². The van der Waals surface area contributed by atoms with E-state index >= 15 is 0 Å². The van der Waals surface area contributed by atoms with Crippen LogP contribution in [-0.4, -0.2) is 30.2 Å². The molecule has 3 aromatic rings. The van der Waals surface area contributed by atoms with Crippen LogP contribution in [0.3, 0.4) is 0 Å². The molecule has 1 fully saturated rings. The molecule has 1 amide bonds. The van der Waals surface area contributed by atoms with Crippen LogP contribution < -0.4 is 10.1 Å². The number of nitrogens with one attached hydrogen (secondary N) is 1. The van der Waals surface area contributed by atoms with E-state index in [-0.39, 0.29) is 11.6 Å². The highest BCUT2D eigenvalue weighted by atomic mass is 35.5. The lowest BCUT2D eigenvalue weighted by Gasteiger charge is -2.25. The first-order valence-electron chi connectivity index (χ1n) is 11.2. The fraction of sp³-hybridized carbons (Fsp3) is 0.296. The zero-order valence-corrected chi connectivity index (χ0v) is 21.5.